The highest BCUT2D eigenvalue weighted by molar-refractivity contribution is 6.04. The summed E-state index contributed by atoms with van der Waals surface area (Å²) in [5.41, 5.74) is 0.0677. The molecule has 0 saturated carbocycles. The number of rotatable bonds is 3. The predicted molar refractivity (Wildman–Crippen MR) is 94.4 cm³/mol. The molecule has 0 aliphatic heterocycles. The van der Waals surface area contributed by atoms with Gasteiger partial charge in [0.2, 0.25) is 0 Å². The Labute approximate surface area is 149 Å². The Morgan fingerprint density at radius 3 is 2.54 bits per heavy atom. The molecule has 0 atom stereocenters. The Kier molecular flexibility index (Phi) is 4.54. The summed E-state index contributed by atoms with van der Waals surface area (Å²) in [7, 11) is 0. The number of hydrogen-bond donors (Lipinski definition) is 1. The molecular weight excluding hydrogens is 338 g/mol. The number of nitrogens with zero attached hydrogens (tertiary/aromatic N) is 3. The van der Waals surface area contributed by atoms with E-state index in [-0.39, 0.29) is 11.0 Å². The van der Waals surface area contributed by atoms with Crippen molar-refractivity contribution in [2.75, 3.05) is 5.32 Å². The van der Waals surface area contributed by atoms with Crippen molar-refractivity contribution < 1.29 is 13.6 Å². The zero-order valence-electron chi connectivity index (χ0n) is 14.6. The van der Waals surface area contributed by atoms with Crippen molar-refractivity contribution in [3.05, 3.63) is 71.6 Å². The number of benzene rings is 1. The lowest BCUT2D eigenvalue weighted by molar-refractivity contribution is 0.102. The third-order valence-electron chi connectivity index (χ3n) is 3.76. The van der Waals surface area contributed by atoms with Crippen LogP contribution in [0.2, 0.25) is 0 Å². The van der Waals surface area contributed by atoms with Crippen LogP contribution in [0.4, 0.5) is 14.6 Å². The van der Waals surface area contributed by atoms with E-state index in [0.717, 1.165) is 23.9 Å². The summed E-state index contributed by atoms with van der Waals surface area (Å²) in [5, 5.41) is 7.11. The smallest absolute Gasteiger partial charge is 0.259 e. The molecule has 1 amide bonds. The molecule has 0 unspecified atom stereocenters. The van der Waals surface area contributed by atoms with Gasteiger partial charge in [-0.2, -0.15) is 9.78 Å². The highest BCUT2D eigenvalue weighted by Gasteiger charge is 2.23. The van der Waals surface area contributed by atoms with Gasteiger partial charge in [-0.3, -0.25) is 4.79 Å². The second-order valence-corrected chi connectivity index (χ2v) is 6.84. The maximum absolute atomic E-state index is 13.9. The first kappa shape index (κ1) is 17.7. The molecular formula is C19H18F2N4O. The van der Waals surface area contributed by atoms with Gasteiger partial charge in [-0.25, -0.2) is 13.8 Å². The van der Waals surface area contributed by atoms with Crippen molar-refractivity contribution in [1.29, 1.82) is 0 Å². The van der Waals surface area contributed by atoms with Crippen LogP contribution in [0.5, 0.6) is 0 Å². The molecule has 0 aliphatic carbocycles. The van der Waals surface area contributed by atoms with Crippen LogP contribution >= 0.6 is 0 Å². The predicted octanol–water partition coefficient (Wildman–Crippen LogP) is 4.10. The summed E-state index contributed by atoms with van der Waals surface area (Å²) < 4.78 is 28.7. The number of nitrogens with one attached hydrogen (secondary N) is 1. The molecule has 134 valence electrons. The summed E-state index contributed by atoms with van der Waals surface area (Å²) in [6.07, 6.45) is 1.60. The lowest BCUT2D eigenvalue weighted by atomic mass is 9.92. The maximum Gasteiger partial charge on any atom is 0.259 e. The number of anilines is 1. The molecule has 0 fully saturated rings. The number of hydrogen-bond acceptors (Lipinski definition) is 3. The molecule has 5 nitrogen and oxygen atoms in total. The second kappa shape index (κ2) is 6.67. The summed E-state index contributed by atoms with van der Waals surface area (Å²) in [6, 6.07) is 9.72. The molecule has 0 spiro atoms. The van der Waals surface area contributed by atoms with Crippen LogP contribution in [0, 0.1) is 11.6 Å². The molecule has 2 heterocycles. The van der Waals surface area contributed by atoms with Crippen molar-refractivity contribution in [3.63, 3.8) is 0 Å². The van der Waals surface area contributed by atoms with Gasteiger partial charge < -0.3 is 5.32 Å². The Morgan fingerprint density at radius 2 is 1.88 bits per heavy atom. The third-order valence-corrected chi connectivity index (χ3v) is 3.76. The van der Waals surface area contributed by atoms with Crippen molar-refractivity contribution in [1.82, 2.24) is 14.8 Å². The van der Waals surface area contributed by atoms with Gasteiger partial charge in [0, 0.05) is 17.7 Å². The topological polar surface area (TPSA) is 59.8 Å². The van der Waals surface area contributed by atoms with Crippen LogP contribution in [-0.2, 0) is 5.41 Å². The van der Waals surface area contributed by atoms with E-state index in [4.69, 9.17) is 0 Å². The van der Waals surface area contributed by atoms with E-state index in [9.17, 15) is 13.6 Å². The summed E-state index contributed by atoms with van der Waals surface area (Å²) in [4.78, 5) is 16.7. The molecule has 2 aromatic heterocycles. The van der Waals surface area contributed by atoms with E-state index < -0.39 is 17.5 Å². The fraction of sp³-hybridized carbons (Fsp3) is 0.211. The lowest BCUT2D eigenvalue weighted by Crippen LogP contribution is -2.17. The summed E-state index contributed by atoms with van der Waals surface area (Å²) >= 11 is 0. The first-order valence-electron chi connectivity index (χ1n) is 8.04. The zero-order chi connectivity index (χ0) is 18.9. The summed E-state index contributed by atoms with van der Waals surface area (Å²) in [5.74, 6) is -1.44. The van der Waals surface area contributed by atoms with Crippen molar-refractivity contribution in [2.45, 2.75) is 26.2 Å². The van der Waals surface area contributed by atoms with Crippen LogP contribution in [0.15, 0.2) is 48.7 Å². The number of carbonyl (C=O) groups excluding carboxylic acids is 1. The standard InChI is InChI=1S/C19H18F2N4O/c1-19(2,3)15-11-17(25(24-15)16-6-4-5-9-22-16)23-18(26)13-10-12(20)7-8-14(13)21/h4-11H,1-3H3,(H,23,26). The fourth-order valence-corrected chi connectivity index (χ4v) is 2.35. The zero-order valence-corrected chi connectivity index (χ0v) is 14.6. The van der Waals surface area contributed by atoms with Crippen LogP contribution in [-0.4, -0.2) is 20.7 Å². The van der Waals surface area contributed by atoms with E-state index in [1.165, 1.54) is 4.68 Å². The summed E-state index contributed by atoms with van der Waals surface area (Å²) in [6.45, 7) is 5.95. The van der Waals surface area contributed by atoms with Crippen molar-refractivity contribution in [2.24, 2.45) is 0 Å². The van der Waals surface area contributed by atoms with E-state index in [0.29, 0.717) is 11.6 Å². The highest BCUT2D eigenvalue weighted by atomic mass is 19.1. The van der Waals surface area contributed by atoms with Crippen LogP contribution in [0.1, 0.15) is 36.8 Å². The van der Waals surface area contributed by atoms with Crippen LogP contribution in [0.25, 0.3) is 5.82 Å². The quantitative estimate of drug-likeness (QED) is 0.769. The van der Waals surface area contributed by atoms with E-state index in [1.54, 1.807) is 30.5 Å². The molecule has 0 aliphatic rings. The second-order valence-electron chi connectivity index (χ2n) is 6.84. The highest BCUT2D eigenvalue weighted by Crippen LogP contribution is 2.26. The minimum absolute atomic E-state index is 0.274. The van der Waals surface area contributed by atoms with Gasteiger partial charge in [-0.1, -0.05) is 26.8 Å². The van der Waals surface area contributed by atoms with Gasteiger partial charge in [0.25, 0.3) is 5.91 Å². The minimum Gasteiger partial charge on any atom is -0.306 e. The van der Waals surface area contributed by atoms with E-state index >= 15 is 0 Å². The number of pyridine rings is 1. The first-order valence-corrected chi connectivity index (χ1v) is 8.04. The third kappa shape index (κ3) is 3.61. The van der Waals surface area contributed by atoms with Gasteiger partial charge in [0.15, 0.2) is 5.82 Å². The number of halogens is 2. The molecule has 1 aromatic carbocycles. The Bertz CT molecular complexity index is 946. The number of carbonyl (C=O) groups is 1. The van der Waals surface area contributed by atoms with Crippen molar-refractivity contribution >= 4 is 11.7 Å². The Morgan fingerprint density at radius 1 is 1.12 bits per heavy atom. The van der Waals surface area contributed by atoms with Gasteiger partial charge in [-0.05, 0) is 30.3 Å². The van der Waals surface area contributed by atoms with E-state index in [2.05, 4.69) is 15.4 Å². The van der Waals surface area contributed by atoms with Gasteiger partial charge in [-0.15, -0.1) is 0 Å². The Hall–Kier alpha value is -3.09. The average molecular weight is 356 g/mol. The minimum atomic E-state index is -0.802. The Balaban J connectivity index is 2.02. The van der Waals surface area contributed by atoms with Gasteiger partial charge >= 0.3 is 0 Å². The fourth-order valence-electron chi connectivity index (χ4n) is 2.35. The molecule has 3 aromatic rings. The molecule has 26 heavy (non-hydrogen) atoms. The van der Waals surface area contributed by atoms with Gasteiger partial charge in [0.1, 0.15) is 17.5 Å². The SMILES string of the molecule is CC(C)(C)c1cc(NC(=O)c2cc(F)ccc2F)n(-c2ccccn2)n1. The first-order chi connectivity index (χ1) is 12.3. The molecule has 0 radical (unpaired) electrons. The largest absolute Gasteiger partial charge is 0.306 e. The normalized spacial score (nSPS) is 11.4. The number of aromatic nitrogens is 3. The molecule has 0 saturated heterocycles. The maximum atomic E-state index is 13.9. The monoisotopic (exact) mass is 356 g/mol. The molecule has 7 heteroatoms. The van der Waals surface area contributed by atoms with Gasteiger partial charge in [0.05, 0.1) is 11.3 Å². The lowest BCUT2D eigenvalue weighted by Gasteiger charge is -2.13. The van der Waals surface area contributed by atoms with Crippen LogP contribution in [0.3, 0.4) is 0 Å². The van der Waals surface area contributed by atoms with Crippen molar-refractivity contribution in [3.8, 4) is 5.82 Å². The molecule has 3 rings (SSSR count). The average Bonchev–Trinajstić information content (AvgIpc) is 3.02. The molecule has 1 N–H and O–H groups in total. The van der Waals surface area contributed by atoms with E-state index in [1.807, 2.05) is 20.8 Å². The molecule has 0 bridgehead atoms. The van der Waals surface area contributed by atoms with Crippen LogP contribution < -0.4 is 5.32 Å². The number of amides is 1.